The van der Waals surface area contributed by atoms with Crippen LogP contribution >= 0.6 is 0 Å². The second kappa shape index (κ2) is 8.52. The minimum absolute atomic E-state index is 0.172. The van der Waals surface area contributed by atoms with E-state index in [0.29, 0.717) is 22.0 Å². The van der Waals surface area contributed by atoms with Crippen LogP contribution in [0.2, 0.25) is 0 Å². The third-order valence-corrected chi connectivity index (χ3v) is 6.66. The van der Waals surface area contributed by atoms with Gasteiger partial charge in [-0.1, -0.05) is 48.5 Å². The molecule has 0 saturated carbocycles. The lowest BCUT2D eigenvalue weighted by Gasteiger charge is -2.23. The normalized spacial score (nSPS) is 11.7. The van der Waals surface area contributed by atoms with Crippen LogP contribution in [0.1, 0.15) is 16.8 Å². The van der Waals surface area contributed by atoms with Crippen molar-refractivity contribution in [1.29, 1.82) is 0 Å². The van der Waals surface area contributed by atoms with Crippen LogP contribution in [-0.2, 0) is 23.1 Å². The fourth-order valence-corrected chi connectivity index (χ4v) is 4.76. The fourth-order valence-electron chi connectivity index (χ4n) is 3.14. The molecule has 0 unspecified atom stereocenters. The summed E-state index contributed by atoms with van der Waals surface area (Å²) in [4.78, 5) is 4.60. The van der Waals surface area contributed by atoms with E-state index in [4.69, 9.17) is 0 Å². The molecule has 2 aromatic heterocycles. The van der Waals surface area contributed by atoms with Gasteiger partial charge in [0.25, 0.3) is 0 Å². The van der Waals surface area contributed by atoms with E-state index >= 15 is 0 Å². The number of rotatable bonds is 7. The van der Waals surface area contributed by atoms with Crippen LogP contribution in [0, 0.1) is 6.92 Å². The highest BCUT2D eigenvalue weighted by Gasteiger charge is 2.26. The molecule has 152 valence electrons. The van der Waals surface area contributed by atoms with Gasteiger partial charge in [-0.3, -0.25) is 4.98 Å². The Hall–Kier alpha value is -3.43. The van der Waals surface area contributed by atoms with Crippen molar-refractivity contribution in [3.63, 3.8) is 0 Å². The summed E-state index contributed by atoms with van der Waals surface area (Å²) >= 11 is 0. The minimum atomic E-state index is -3.73. The molecular weight excluding hydrogens is 400 g/mol. The Morgan fingerprint density at radius 1 is 0.933 bits per heavy atom. The van der Waals surface area contributed by atoms with Gasteiger partial charge in [0.15, 0.2) is 5.82 Å². The molecule has 4 aromatic rings. The number of tetrazole rings is 1. The number of benzene rings is 2. The maximum atomic E-state index is 13.5. The van der Waals surface area contributed by atoms with Crippen LogP contribution in [0.15, 0.2) is 77.8 Å². The molecule has 8 nitrogen and oxygen atoms in total. The number of pyridine rings is 1. The zero-order chi connectivity index (χ0) is 21.0. The summed E-state index contributed by atoms with van der Waals surface area (Å²) in [5.74, 6) is 0.555. The number of aryl methyl sites for hydroxylation is 1. The van der Waals surface area contributed by atoms with Crippen molar-refractivity contribution in [2.24, 2.45) is 0 Å². The van der Waals surface area contributed by atoms with E-state index in [9.17, 15) is 8.42 Å². The summed E-state index contributed by atoms with van der Waals surface area (Å²) < 4.78 is 28.4. The monoisotopic (exact) mass is 420 g/mol. The Labute approximate surface area is 174 Å². The van der Waals surface area contributed by atoms with Gasteiger partial charge in [-0.15, -0.1) is 5.10 Å². The quantitative estimate of drug-likeness (QED) is 0.493. The smallest absolute Gasteiger partial charge is 0.243 e. The van der Waals surface area contributed by atoms with Crippen LogP contribution in [0.25, 0.3) is 11.4 Å². The minimum Gasteiger partial charge on any atom is -0.260 e. The number of nitrogens with one attached hydrogen (secondary N) is 1. The highest BCUT2D eigenvalue weighted by Crippen LogP contribution is 2.24. The third kappa shape index (κ3) is 4.27. The van der Waals surface area contributed by atoms with Crippen molar-refractivity contribution >= 4 is 10.0 Å². The highest BCUT2D eigenvalue weighted by molar-refractivity contribution is 7.89. The lowest BCUT2D eigenvalue weighted by molar-refractivity contribution is 0.396. The van der Waals surface area contributed by atoms with Gasteiger partial charge < -0.3 is 0 Å². The molecule has 1 N–H and O–H groups in total. The van der Waals surface area contributed by atoms with E-state index in [1.807, 2.05) is 42.5 Å². The van der Waals surface area contributed by atoms with E-state index in [2.05, 4.69) is 25.6 Å². The predicted molar refractivity (Wildman–Crippen MR) is 111 cm³/mol. The molecule has 0 bridgehead atoms. The molecule has 2 heterocycles. The maximum Gasteiger partial charge on any atom is 0.243 e. The SMILES string of the molecule is Cc1ccccc1S(=O)(=O)N(Cc1ccc(-c2nnn[nH]2)cc1)Cc1ccccn1. The van der Waals surface area contributed by atoms with Gasteiger partial charge in [-0.25, -0.2) is 13.5 Å². The van der Waals surface area contributed by atoms with Gasteiger partial charge in [0.2, 0.25) is 10.0 Å². The average molecular weight is 420 g/mol. The summed E-state index contributed by atoms with van der Waals surface area (Å²) in [5, 5.41) is 13.8. The third-order valence-electron chi connectivity index (χ3n) is 4.71. The van der Waals surface area contributed by atoms with Crippen LogP contribution in [0.3, 0.4) is 0 Å². The molecule has 0 aliphatic rings. The predicted octanol–water partition coefficient (Wildman–Crippen LogP) is 2.96. The van der Waals surface area contributed by atoms with Gasteiger partial charge in [0.1, 0.15) is 0 Å². The molecular formula is C21H20N6O2S. The molecule has 30 heavy (non-hydrogen) atoms. The van der Waals surface area contributed by atoms with E-state index in [0.717, 1.165) is 11.1 Å². The molecule has 0 saturated heterocycles. The molecule has 0 atom stereocenters. The lowest BCUT2D eigenvalue weighted by atomic mass is 10.1. The molecule has 0 radical (unpaired) electrons. The van der Waals surface area contributed by atoms with Crippen LogP contribution in [0.4, 0.5) is 0 Å². The Morgan fingerprint density at radius 3 is 2.37 bits per heavy atom. The molecule has 4 rings (SSSR count). The first-order valence-corrected chi connectivity index (χ1v) is 10.8. The van der Waals surface area contributed by atoms with Gasteiger partial charge >= 0.3 is 0 Å². The maximum absolute atomic E-state index is 13.5. The largest absolute Gasteiger partial charge is 0.260 e. The topological polar surface area (TPSA) is 105 Å². The number of hydrogen-bond donors (Lipinski definition) is 1. The number of aromatic amines is 1. The van der Waals surface area contributed by atoms with Gasteiger partial charge in [-0.2, -0.15) is 4.31 Å². The summed E-state index contributed by atoms with van der Waals surface area (Å²) in [6.07, 6.45) is 1.66. The van der Waals surface area contributed by atoms with E-state index in [-0.39, 0.29) is 13.1 Å². The van der Waals surface area contributed by atoms with E-state index < -0.39 is 10.0 Å². The van der Waals surface area contributed by atoms with Crippen molar-refractivity contribution < 1.29 is 8.42 Å². The zero-order valence-electron chi connectivity index (χ0n) is 16.3. The highest BCUT2D eigenvalue weighted by atomic mass is 32.2. The van der Waals surface area contributed by atoms with Crippen LogP contribution in [-0.4, -0.2) is 38.3 Å². The summed E-state index contributed by atoms with van der Waals surface area (Å²) in [6, 6.07) is 19.9. The summed E-state index contributed by atoms with van der Waals surface area (Å²) in [6.45, 7) is 2.18. The van der Waals surface area contributed by atoms with Crippen LogP contribution < -0.4 is 0 Å². The second-order valence-corrected chi connectivity index (χ2v) is 8.71. The first-order chi connectivity index (χ1) is 14.5. The first-order valence-electron chi connectivity index (χ1n) is 9.33. The van der Waals surface area contributed by atoms with Crippen LogP contribution in [0.5, 0.6) is 0 Å². The molecule has 0 fully saturated rings. The Kier molecular flexibility index (Phi) is 5.64. The van der Waals surface area contributed by atoms with Crippen molar-refractivity contribution in [2.75, 3.05) is 0 Å². The molecule has 2 aromatic carbocycles. The van der Waals surface area contributed by atoms with Gasteiger partial charge in [-0.05, 0) is 46.7 Å². The summed E-state index contributed by atoms with van der Waals surface area (Å²) in [7, 11) is -3.73. The molecule has 0 amide bonds. The van der Waals surface area contributed by atoms with Gasteiger partial charge in [0.05, 0.1) is 17.1 Å². The summed E-state index contributed by atoms with van der Waals surface area (Å²) in [5.41, 5.74) is 3.05. The van der Waals surface area contributed by atoms with E-state index in [1.54, 1.807) is 37.4 Å². The second-order valence-electron chi connectivity index (χ2n) is 6.81. The lowest BCUT2D eigenvalue weighted by Crippen LogP contribution is -2.31. The van der Waals surface area contributed by atoms with Crippen molar-refractivity contribution in [2.45, 2.75) is 24.9 Å². The number of sulfonamides is 1. The number of hydrogen-bond acceptors (Lipinski definition) is 6. The Morgan fingerprint density at radius 2 is 1.70 bits per heavy atom. The van der Waals surface area contributed by atoms with Crippen molar-refractivity contribution in [1.82, 2.24) is 29.9 Å². The number of nitrogens with zero attached hydrogens (tertiary/aromatic N) is 5. The standard InChI is InChI=1S/C21H20N6O2S/c1-16-6-2-3-8-20(16)30(28,29)27(15-19-7-4-5-13-22-19)14-17-9-11-18(12-10-17)21-23-25-26-24-21/h2-13H,14-15H2,1H3,(H,23,24,25,26). The number of aromatic nitrogens is 5. The van der Waals surface area contributed by atoms with E-state index in [1.165, 1.54) is 4.31 Å². The van der Waals surface area contributed by atoms with Crippen molar-refractivity contribution in [3.8, 4) is 11.4 Å². The Balaban J connectivity index is 1.66. The van der Waals surface area contributed by atoms with Gasteiger partial charge in [0, 0.05) is 18.3 Å². The molecule has 0 aliphatic heterocycles. The zero-order valence-corrected chi connectivity index (χ0v) is 17.1. The molecule has 9 heteroatoms. The number of H-pyrrole nitrogens is 1. The average Bonchev–Trinajstić information content (AvgIpc) is 3.30. The fraction of sp³-hybridized carbons (Fsp3) is 0.143. The molecule has 0 aliphatic carbocycles. The van der Waals surface area contributed by atoms with Crippen molar-refractivity contribution in [3.05, 3.63) is 89.7 Å². The Bertz CT molecular complexity index is 1210. The first kappa shape index (κ1) is 19.9. The molecule has 0 spiro atoms.